The zero-order valence-corrected chi connectivity index (χ0v) is 11.7. The molecule has 0 radical (unpaired) electrons. The number of hydrogen-bond acceptors (Lipinski definition) is 3. The van der Waals surface area contributed by atoms with Gasteiger partial charge in [-0.25, -0.2) is 4.98 Å². The molecule has 2 unspecified atom stereocenters. The van der Waals surface area contributed by atoms with Crippen molar-refractivity contribution in [2.75, 3.05) is 13.2 Å². The molecule has 1 N–H and O–H groups in total. The zero-order valence-electron chi connectivity index (χ0n) is 10.2. The number of halogens is 1. The molecule has 0 bridgehead atoms. The minimum atomic E-state index is 0.502. The fraction of sp³-hybridized carbons (Fsp3) is 0.615. The van der Waals surface area contributed by atoms with Crippen LogP contribution in [0.1, 0.15) is 25.3 Å². The normalized spacial score (nSPS) is 22.4. The van der Waals surface area contributed by atoms with Gasteiger partial charge in [0.15, 0.2) is 0 Å². The third-order valence-electron chi connectivity index (χ3n) is 3.32. The highest BCUT2D eigenvalue weighted by Crippen LogP contribution is 2.17. The van der Waals surface area contributed by atoms with E-state index in [0.29, 0.717) is 12.0 Å². The van der Waals surface area contributed by atoms with Gasteiger partial charge in [0.1, 0.15) is 4.60 Å². The van der Waals surface area contributed by atoms with Crippen molar-refractivity contribution in [2.24, 2.45) is 5.92 Å². The van der Waals surface area contributed by atoms with Gasteiger partial charge in [-0.2, -0.15) is 0 Å². The number of hydrogen-bond donors (Lipinski definition) is 1. The lowest BCUT2D eigenvalue weighted by molar-refractivity contribution is 0.0417. The molecule has 2 rings (SSSR count). The fourth-order valence-corrected chi connectivity index (χ4v) is 2.57. The highest BCUT2D eigenvalue weighted by atomic mass is 79.9. The molecule has 17 heavy (non-hydrogen) atoms. The molecule has 1 aromatic heterocycles. The lowest BCUT2D eigenvalue weighted by Gasteiger charge is -2.28. The predicted octanol–water partition coefficient (Wildman–Crippen LogP) is 2.75. The Morgan fingerprint density at radius 1 is 1.65 bits per heavy atom. The second-order valence-corrected chi connectivity index (χ2v) is 5.45. The van der Waals surface area contributed by atoms with E-state index in [9.17, 15) is 0 Å². The summed E-state index contributed by atoms with van der Waals surface area (Å²) in [4.78, 5) is 4.13. The molecule has 0 aromatic carbocycles. The maximum Gasteiger partial charge on any atom is 0.106 e. The lowest BCUT2D eigenvalue weighted by Crippen LogP contribution is -2.37. The quantitative estimate of drug-likeness (QED) is 0.868. The Morgan fingerprint density at radius 2 is 2.53 bits per heavy atom. The third-order valence-corrected chi connectivity index (χ3v) is 3.76. The Bertz CT molecular complexity index is 353. The summed E-state index contributed by atoms with van der Waals surface area (Å²) in [7, 11) is 0. The van der Waals surface area contributed by atoms with E-state index in [2.05, 4.69) is 39.2 Å². The van der Waals surface area contributed by atoms with Gasteiger partial charge in [-0.3, -0.25) is 0 Å². The average Bonchev–Trinajstić information content (AvgIpc) is 2.37. The monoisotopic (exact) mass is 298 g/mol. The van der Waals surface area contributed by atoms with Crippen LogP contribution in [-0.2, 0) is 11.3 Å². The molecule has 0 spiro atoms. The first-order valence-corrected chi connectivity index (χ1v) is 6.96. The lowest BCUT2D eigenvalue weighted by atomic mass is 9.95. The standard InChI is InChI=1S/C13H19BrN2O/c1-10(12-3-2-6-17-9-12)16-8-11-4-5-15-13(14)7-11/h4-5,7,10,12,16H,2-3,6,8-9H2,1H3. The summed E-state index contributed by atoms with van der Waals surface area (Å²) in [6, 6.07) is 4.60. The van der Waals surface area contributed by atoms with Crippen LogP contribution >= 0.6 is 15.9 Å². The van der Waals surface area contributed by atoms with E-state index >= 15 is 0 Å². The second kappa shape index (κ2) is 6.47. The largest absolute Gasteiger partial charge is 0.381 e. The van der Waals surface area contributed by atoms with Crippen LogP contribution in [0.5, 0.6) is 0 Å². The zero-order chi connectivity index (χ0) is 12.1. The molecule has 0 saturated carbocycles. The first kappa shape index (κ1) is 13.0. The molecule has 1 saturated heterocycles. The maximum atomic E-state index is 5.52. The van der Waals surface area contributed by atoms with Crippen LogP contribution in [0, 0.1) is 5.92 Å². The van der Waals surface area contributed by atoms with Crippen LogP contribution in [0.4, 0.5) is 0 Å². The van der Waals surface area contributed by atoms with E-state index in [1.807, 2.05) is 12.3 Å². The molecule has 1 fully saturated rings. The Hall–Kier alpha value is -0.450. The molecular formula is C13H19BrN2O. The summed E-state index contributed by atoms with van der Waals surface area (Å²) in [5.74, 6) is 0.647. The Labute approximate surface area is 111 Å². The molecule has 0 amide bonds. The van der Waals surface area contributed by atoms with Gasteiger partial charge in [0.2, 0.25) is 0 Å². The van der Waals surface area contributed by atoms with E-state index in [4.69, 9.17) is 4.74 Å². The van der Waals surface area contributed by atoms with Gasteiger partial charge in [-0.05, 0) is 59.3 Å². The van der Waals surface area contributed by atoms with Crippen molar-refractivity contribution in [2.45, 2.75) is 32.4 Å². The van der Waals surface area contributed by atoms with Gasteiger partial charge < -0.3 is 10.1 Å². The van der Waals surface area contributed by atoms with Crippen molar-refractivity contribution in [3.05, 3.63) is 28.5 Å². The van der Waals surface area contributed by atoms with E-state index < -0.39 is 0 Å². The Morgan fingerprint density at radius 3 is 3.24 bits per heavy atom. The van der Waals surface area contributed by atoms with Gasteiger partial charge in [-0.1, -0.05) is 0 Å². The maximum absolute atomic E-state index is 5.52. The summed E-state index contributed by atoms with van der Waals surface area (Å²) >= 11 is 3.39. The number of nitrogens with one attached hydrogen (secondary N) is 1. The Kier molecular flexibility index (Phi) is 4.95. The number of nitrogens with zero attached hydrogens (tertiary/aromatic N) is 1. The summed E-state index contributed by atoms with van der Waals surface area (Å²) in [5.41, 5.74) is 1.26. The number of rotatable bonds is 4. The van der Waals surface area contributed by atoms with Gasteiger partial charge in [0, 0.05) is 25.4 Å². The molecule has 1 aliphatic heterocycles. The minimum Gasteiger partial charge on any atom is -0.381 e. The molecule has 2 atom stereocenters. The van der Waals surface area contributed by atoms with Crippen LogP contribution in [0.15, 0.2) is 22.9 Å². The van der Waals surface area contributed by atoms with E-state index in [0.717, 1.165) is 24.4 Å². The third kappa shape index (κ3) is 4.05. The van der Waals surface area contributed by atoms with Crippen molar-refractivity contribution in [1.29, 1.82) is 0 Å². The average molecular weight is 299 g/mol. The summed E-state index contributed by atoms with van der Waals surface area (Å²) < 4.78 is 6.41. The molecule has 2 heterocycles. The van der Waals surface area contributed by atoms with E-state index in [-0.39, 0.29) is 0 Å². The number of aromatic nitrogens is 1. The van der Waals surface area contributed by atoms with Gasteiger partial charge >= 0.3 is 0 Å². The first-order valence-electron chi connectivity index (χ1n) is 6.17. The van der Waals surface area contributed by atoms with Crippen LogP contribution in [0.25, 0.3) is 0 Å². The highest BCUT2D eigenvalue weighted by Gasteiger charge is 2.19. The second-order valence-electron chi connectivity index (χ2n) is 4.63. The van der Waals surface area contributed by atoms with Crippen LogP contribution < -0.4 is 5.32 Å². The summed E-state index contributed by atoms with van der Waals surface area (Å²) in [6.07, 6.45) is 4.29. The smallest absolute Gasteiger partial charge is 0.106 e. The molecule has 0 aliphatic carbocycles. The van der Waals surface area contributed by atoms with Crippen molar-refractivity contribution < 1.29 is 4.74 Å². The molecule has 4 heteroatoms. The van der Waals surface area contributed by atoms with Crippen molar-refractivity contribution in [1.82, 2.24) is 10.3 Å². The summed E-state index contributed by atoms with van der Waals surface area (Å²) in [5, 5.41) is 3.57. The van der Waals surface area contributed by atoms with E-state index in [1.165, 1.54) is 18.4 Å². The number of pyridine rings is 1. The van der Waals surface area contributed by atoms with Crippen molar-refractivity contribution in [3.63, 3.8) is 0 Å². The molecular weight excluding hydrogens is 280 g/mol. The fourth-order valence-electron chi connectivity index (χ4n) is 2.16. The SMILES string of the molecule is CC(NCc1ccnc(Br)c1)C1CCCOC1. The van der Waals surface area contributed by atoms with E-state index in [1.54, 1.807) is 0 Å². The molecule has 3 nitrogen and oxygen atoms in total. The minimum absolute atomic E-state index is 0.502. The molecule has 1 aromatic rings. The van der Waals surface area contributed by atoms with Gasteiger partial charge in [-0.15, -0.1) is 0 Å². The predicted molar refractivity (Wildman–Crippen MR) is 71.8 cm³/mol. The Balaban J connectivity index is 1.80. The molecule has 1 aliphatic rings. The van der Waals surface area contributed by atoms with Gasteiger partial charge in [0.25, 0.3) is 0 Å². The topological polar surface area (TPSA) is 34.2 Å². The first-order chi connectivity index (χ1) is 8.25. The molecule has 94 valence electrons. The summed E-state index contributed by atoms with van der Waals surface area (Å²) in [6.45, 7) is 4.96. The van der Waals surface area contributed by atoms with Gasteiger partial charge in [0.05, 0.1) is 6.61 Å². The van der Waals surface area contributed by atoms with Crippen LogP contribution in [-0.4, -0.2) is 24.2 Å². The van der Waals surface area contributed by atoms with Crippen molar-refractivity contribution in [3.8, 4) is 0 Å². The van der Waals surface area contributed by atoms with Crippen LogP contribution in [0.3, 0.4) is 0 Å². The number of ether oxygens (including phenoxy) is 1. The highest BCUT2D eigenvalue weighted by molar-refractivity contribution is 9.10. The van der Waals surface area contributed by atoms with Crippen molar-refractivity contribution >= 4 is 15.9 Å². The van der Waals surface area contributed by atoms with Crippen LogP contribution in [0.2, 0.25) is 0 Å².